The van der Waals surface area contributed by atoms with Crippen molar-refractivity contribution in [2.75, 3.05) is 21.3 Å². The predicted octanol–water partition coefficient (Wildman–Crippen LogP) is 1.55. The average molecular weight is 223 g/mol. The van der Waals surface area contributed by atoms with Gasteiger partial charge in [0.05, 0.1) is 20.1 Å². The Bertz CT molecular complexity index is 377. The molecule has 16 heavy (non-hydrogen) atoms. The van der Waals surface area contributed by atoms with E-state index >= 15 is 0 Å². The molecule has 4 heteroatoms. The van der Waals surface area contributed by atoms with E-state index in [1.165, 1.54) is 0 Å². The summed E-state index contributed by atoms with van der Waals surface area (Å²) in [6, 6.07) is 5.48. The van der Waals surface area contributed by atoms with E-state index in [9.17, 15) is 4.79 Å². The summed E-state index contributed by atoms with van der Waals surface area (Å²) in [5.41, 5.74) is 0.900. The SMILES string of the molecule is CNC(=O)[C@@H](C)c1ccc(OC)c(OC)c1. The van der Waals surface area contributed by atoms with Crippen LogP contribution >= 0.6 is 0 Å². The molecule has 0 aliphatic rings. The van der Waals surface area contributed by atoms with Crippen molar-refractivity contribution in [1.82, 2.24) is 5.32 Å². The van der Waals surface area contributed by atoms with Gasteiger partial charge in [0, 0.05) is 7.05 Å². The van der Waals surface area contributed by atoms with Crippen LogP contribution in [0.5, 0.6) is 11.5 Å². The average Bonchev–Trinajstić information content (AvgIpc) is 2.35. The highest BCUT2D eigenvalue weighted by Gasteiger charge is 2.15. The topological polar surface area (TPSA) is 47.6 Å². The number of nitrogens with one attached hydrogen (secondary N) is 1. The second kappa shape index (κ2) is 5.39. The van der Waals surface area contributed by atoms with Crippen molar-refractivity contribution >= 4 is 5.91 Å². The Hall–Kier alpha value is -1.71. The predicted molar refractivity (Wildman–Crippen MR) is 62.0 cm³/mol. The zero-order valence-electron chi connectivity index (χ0n) is 10.0. The fourth-order valence-corrected chi connectivity index (χ4v) is 1.49. The maximum Gasteiger partial charge on any atom is 0.227 e. The van der Waals surface area contributed by atoms with Gasteiger partial charge in [-0.25, -0.2) is 0 Å². The Balaban J connectivity index is 3.03. The summed E-state index contributed by atoms with van der Waals surface area (Å²) in [4.78, 5) is 11.5. The summed E-state index contributed by atoms with van der Waals surface area (Å²) in [5, 5.41) is 2.62. The molecule has 1 N–H and O–H groups in total. The molecule has 0 saturated heterocycles. The summed E-state index contributed by atoms with van der Waals surface area (Å²) in [7, 11) is 4.78. The Morgan fingerprint density at radius 2 is 1.88 bits per heavy atom. The van der Waals surface area contributed by atoms with Gasteiger partial charge in [0.25, 0.3) is 0 Å². The number of hydrogen-bond donors (Lipinski definition) is 1. The van der Waals surface area contributed by atoms with E-state index in [4.69, 9.17) is 9.47 Å². The first-order valence-corrected chi connectivity index (χ1v) is 5.07. The van der Waals surface area contributed by atoms with Crippen molar-refractivity contribution in [2.45, 2.75) is 12.8 Å². The molecule has 0 unspecified atom stereocenters. The van der Waals surface area contributed by atoms with Gasteiger partial charge in [-0.3, -0.25) is 4.79 Å². The van der Waals surface area contributed by atoms with Gasteiger partial charge in [0.2, 0.25) is 5.91 Å². The van der Waals surface area contributed by atoms with E-state index < -0.39 is 0 Å². The molecule has 0 heterocycles. The van der Waals surface area contributed by atoms with Crippen LogP contribution in [0.2, 0.25) is 0 Å². The molecule has 0 fully saturated rings. The summed E-state index contributed by atoms with van der Waals surface area (Å²) in [6.45, 7) is 1.85. The molecule has 1 amide bonds. The molecule has 88 valence electrons. The zero-order chi connectivity index (χ0) is 12.1. The highest BCUT2D eigenvalue weighted by molar-refractivity contribution is 5.83. The van der Waals surface area contributed by atoms with E-state index in [0.717, 1.165) is 5.56 Å². The van der Waals surface area contributed by atoms with Crippen molar-refractivity contribution < 1.29 is 14.3 Å². The van der Waals surface area contributed by atoms with Crippen LogP contribution in [-0.4, -0.2) is 27.2 Å². The smallest absolute Gasteiger partial charge is 0.227 e. The lowest BCUT2D eigenvalue weighted by Gasteiger charge is -2.13. The fraction of sp³-hybridized carbons (Fsp3) is 0.417. The Morgan fingerprint density at radius 1 is 1.25 bits per heavy atom. The largest absolute Gasteiger partial charge is 0.493 e. The zero-order valence-corrected chi connectivity index (χ0v) is 10.0. The third-order valence-corrected chi connectivity index (χ3v) is 2.55. The second-order valence-corrected chi connectivity index (χ2v) is 3.45. The summed E-state index contributed by atoms with van der Waals surface area (Å²) in [5.74, 6) is 1.07. The van der Waals surface area contributed by atoms with Gasteiger partial charge in [-0.05, 0) is 24.6 Å². The van der Waals surface area contributed by atoms with Crippen molar-refractivity contribution in [1.29, 1.82) is 0 Å². The van der Waals surface area contributed by atoms with E-state index in [1.807, 2.05) is 19.1 Å². The lowest BCUT2D eigenvalue weighted by atomic mass is 10.00. The lowest BCUT2D eigenvalue weighted by molar-refractivity contribution is -0.121. The van der Waals surface area contributed by atoms with Crippen LogP contribution in [-0.2, 0) is 4.79 Å². The monoisotopic (exact) mass is 223 g/mol. The number of rotatable bonds is 4. The third-order valence-electron chi connectivity index (χ3n) is 2.55. The van der Waals surface area contributed by atoms with Crippen LogP contribution in [0.3, 0.4) is 0 Å². The molecule has 4 nitrogen and oxygen atoms in total. The van der Waals surface area contributed by atoms with Gasteiger partial charge in [-0.15, -0.1) is 0 Å². The van der Waals surface area contributed by atoms with Crippen LogP contribution in [0, 0.1) is 0 Å². The van der Waals surface area contributed by atoms with E-state index in [1.54, 1.807) is 27.3 Å². The Morgan fingerprint density at radius 3 is 2.38 bits per heavy atom. The van der Waals surface area contributed by atoms with Crippen LogP contribution in [0.15, 0.2) is 18.2 Å². The highest BCUT2D eigenvalue weighted by atomic mass is 16.5. The van der Waals surface area contributed by atoms with Gasteiger partial charge >= 0.3 is 0 Å². The quantitative estimate of drug-likeness (QED) is 0.842. The number of carbonyl (C=O) groups is 1. The van der Waals surface area contributed by atoms with Gasteiger partial charge in [0.1, 0.15) is 0 Å². The molecule has 0 aliphatic carbocycles. The van der Waals surface area contributed by atoms with Crippen molar-refractivity contribution in [3.8, 4) is 11.5 Å². The van der Waals surface area contributed by atoms with Gasteiger partial charge < -0.3 is 14.8 Å². The minimum absolute atomic E-state index is 0.0211. The lowest BCUT2D eigenvalue weighted by Crippen LogP contribution is -2.23. The molecule has 1 rings (SSSR count). The number of amides is 1. The summed E-state index contributed by atoms with van der Waals surface area (Å²) in [6.07, 6.45) is 0. The van der Waals surface area contributed by atoms with Crippen molar-refractivity contribution in [3.05, 3.63) is 23.8 Å². The molecule has 1 aromatic carbocycles. The van der Waals surface area contributed by atoms with E-state index in [0.29, 0.717) is 11.5 Å². The van der Waals surface area contributed by atoms with Gasteiger partial charge in [0.15, 0.2) is 11.5 Å². The highest BCUT2D eigenvalue weighted by Crippen LogP contribution is 2.30. The minimum atomic E-state index is -0.204. The van der Waals surface area contributed by atoms with Crippen LogP contribution in [0.25, 0.3) is 0 Å². The number of benzene rings is 1. The summed E-state index contributed by atoms with van der Waals surface area (Å²) < 4.78 is 10.3. The number of carbonyl (C=O) groups excluding carboxylic acids is 1. The van der Waals surface area contributed by atoms with Crippen molar-refractivity contribution in [3.63, 3.8) is 0 Å². The first kappa shape index (κ1) is 12.4. The molecule has 1 atom stereocenters. The van der Waals surface area contributed by atoms with E-state index in [-0.39, 0.29) is 11.8 Å². The first-order chi connectivity index (χ1) is 7.63. The number of likely N-dealkylation sites (N-methyl/N-ethyl adjacent to an activating group) is 1. The molecule has 0 saturated carbocycles. The van der Waals surface area contributed by atoms with Crippen LogP contribution in [0.4, 0.5) is 0 Å². The molecule has 1 aromatic rings. The molecule has 0 spiro atoms. The maximum atomic E-state index is 11.5. The number of methoxy groups -OCH3 is 2. The molecule has 0 radical (unpaired) electrons. The third kappa shape index (κ3) is 2.45. The van der Waals surface area contributed by atoms with Crippen molar-refractivity contribution in [2.24, 2.45) is 0 Å². The fourth-order valence-electron chi connectivity index (χ4n) is 1.49. The molecule has 0 bridgehead atoms. The number of hydrogen-bond acceptors (Lipinski definition) is 3. The first-order valence-electron chi connectivity index (χ1n) is 5.07. The Kier molecular flexibility index (Phi) is 4.17. The molecular formula is C12H17NO3. The number of ether oxygens (including phenoxy) is 2. The summed E-state index contributed by atoms with van der Waals surface area (Å²) >= 11 is 0. The van der Waals surface area contributed by atoms with Gasteiger partial charge in [-0.1, -0.05) is 6.07 Å². The second-order valence-electron chi connectivity index (χ2n) is 3.45. The minimum Gasteiger partial charge on any atom is -0.493 e. The normalized spacial score (nSPS) is 11.8. The van der Waals surface area contributed by atoms with Crippen LogP contribution in [0.1, 0.15) is 18.4 Å². The van der Waals surface area contributed by atoms with E-state index in [2.05, 4.69) is 5.32 Å². The Labute approximate surface area is 95.6 Å². The molecular weight excluding hydrogens is 206 g/mol. The maximum absolute atomic E-state index is 11.5. The van der Waals surface area contributed by atoms with Crippen LogP contribution < -0.4 is 14.8 Å². The van der Waals surface area contributed by atoms with Gasteiger partial charge in [-0.2, -0.15) is 0 Å². The standard InChI is InChI=1S/C12H17NO3/c1-8(12(14)13-2)9-5-6-10(15-3)11(7-9)16-4/h5-8H,1-4H3,(H,13,14)/t8-/m0/s1. The molecule has 0 aliphatic heterocycles. The molecule has 0 aromatic heterocycles.